The maximum atomic E-state index is 5.58. The largest absolute Gasteiger partial charge is 0.379 e. The Morgan fingerprint density at radius 3 is 1.89 bits per heavy atom. The van der Waals surface area contributed by atoms with Gasteiger partial charge in [-0.25, -0.2) is 0 Å². The Hall–Kier alpha value is -0.0800. The van der Waals surface area contributed by atoms with Crippen LogP contribution in [0.5, 0.6) is 0 Å². The summed E-state index contributed by atoms with van der Waals surface area (Å²) in [6.45, 7) is 10.8. The number of ether oxygens (including phenoxy) is 1. The fourth-order valence-corrected chi connectivity index (χ4v) is 2.33. The zero-order valence-electron chi connectivity index (χ0n) is 13.8. The van der Waals surface area contributed by atoms with Crippen LogP contribution in [0.15, 0.2) is 0 Å². The minimum Gasteiger partial charge on any atom is -0.379 e. The van der Waals surface area contributed by atoms with Crippen LogP contribution in [0.2, 0.25) is 0 Å². The number of hydrogen-bond donors (Lipinski definition) is 1. The Bertz CT molecular complexity index is 161. The zero-order chi connectivity index (χ0) is 14.3. The lowest BCUT2D eigenvalue weighted by Crippen LogP contribution is -2.30. The maximum Gasteiger partial charge on any atom is 0.0518 e. The molecule has 0 fully saturated rings. The smallest absolute Gasteiger partial charge is 0.0518 e. The molecule has 0 aliphatic rings. The van der Waals surface area contributed by atoms with E-state index in [1.807, 2.05) is 0 Å². The fourth-order valence-electron chi connectivity index (χ4n) is 2.33. The van der Waals surface area contributed by atoms with Crippen molar-refractivity contribution < 1.29 is 4.74 Å². The molecule has 0 aliphatic heterocycles. The van der Waals surface area contributed by atoms with Gasteiger partial charge in [0, 0.05) is 12.6 Å². The molecule has 2 heteroatoms. The number of hydrogen-bond acceptors (Lipinski definition) is 2. The first-order valence-electron chi connectivity index (χ1n) is 8.55. The molecule has 0 saturated carbocycles. The number of nitrogens with one attached hydrogen (secondary N) is 1. The third-order valence-electron chi connectivity index (χ3n) is 3.52. The second kappa shape index (κ2) is 14.3. The van der Waals surface area contributed by atoms with Gasteiger partial charge in [-0.3, -0.25) is 0 Å². The Kier molecular flexibility index (Phi) is 14.3. The third-order valence-corrected chi connectivity index (χ3v) is 3.52. The summed E-state index contributed by atoms with van der Waals surface area (Å²) in [7, 11) is 0. The van der Waals surface area contributed by atoms with Gasteiger partial charge in [0.1, 0.15) is 0 Å². The molecule has 0 aliphatic carbocycles. The summed E-state index contributed by atoms with van der Waals surface area (Å²) < 4.78 is 5.58. The molecular weight excluding hydrogens is 234 g/mol. The molecule has 0 saturated heterocycles. The second-order valence-electron chi connectivity index (χ2n) is 5.92. The van der Waals surface area contributed by atoms with E-state index >= 15 is 0 Å². The van der Waals surface area contributed by atoms with Crippen molar-refractivity contribution in [3.63, 3.8) is 0 Å². The highest BCUT2D eigenvalue weighted by atomic mass is 16.5. The van der Waals surface area contributed by atoms with Gasteiger partial charge < -0.3 is 10.1 Å². The van der Waals surface area contributed by atoms with Crippen LogP contribution >= 0.6 is 0 Å². The maximum absolute atomic E-state index is 5.58. The molecule has 0 heterocycles. The SMILES string of the molecule is CCCCCC(CCCCC)NCCCOC(C)C. The highest BCUT2D eigenvalue weighted by Gasteiger charge is 2.07. The molecular formula is C17H37NO. The lowest BCUT2D eigenvalue weighted by molar-refractivity contribution is 0.0766. The van der Waals surface area contributed by atoms with Crippen molar-refractivity contribution in [3.8, 4) is 0 Å². The highest BCUT2D eigenvalue weighted by molar-refractivity contribution is 4.67. The van der Waals surface area contributed by atoms with E-state index in [-0.39, 0.29) is 0 Å². The van der Waals surface area contributed by atoms with Crippen molar-refractivity contribution in [2.75, 3.05) is 13.2 Å². The minimum absolute atomic E-state index is 0.366. The highest BCUT2D eigenvalue weighted by Crippen LogP contribution is 2.11. The molecule has 0 radical (unpaired) electrons. The lowest BCUT2D eigenvalue weighted by Gasteiger charge is -2.19. The van der Waals surface area contributed by atoms with E-state index in [9.17, 15) is 0 Å². The minimum atomic E-state index is 0.366. The molecule has 0 aromatic heterocycles. The van der Waals surface area contributed by atoms with Gasteiger partial charge in [-0.05, 0) is 39.7 Å². The van der Waals surface area contributed by atoms with Crippen molar-refractivity contribution in [2.24, 2.45) is 0 Å². The van der Waals surface area contributed by atoms with Crippen LogP contribution in [0.1, 0.15) is 85.5 Å². The zero-order valence-corrected chi connectivity index (χ0v) is 13.8. The third kappa shape index (κ3) is 14.1. The van der Waals surface area contributed by atoms with Crippen LogP contribution in [0.3, 0.4) is 0 Å². The molecule has 0 rings (SSSR count). The molecule has 0 spiro atoms. The number of unbranched alkanes of at least 4 members (excludes halogenated alkanes) is 4. The van der Waals surface area contributed by atoms with Gasteiger partial charge in [0.2, 0.25) is 0 Å². The summed E-state index contributed by atoms with van der Waals surface area (Å²) in [5.74, 6) is 0. The topological polar surface area (TPSA) is 21.3 Å². The van der Waals surface area contributed by atoms with Crippen molar-refractivity contribution in [3.05, 3.63) is 0 Å². The molecule has 2 nitrogen and oxygen atoms in total. The van der Waals surface area contributed by atoms with Crippen LogP contribution in [0, 0.1) is 0 Å². The molecule has 0 bridgehead atoms. The van der Waals surface area contributed by atoms with Crippen molar-refractivity contribution >= 4 is 0 Å². The Morgan fingerprint density at radius 1 is 0.842 bits per heavy atom. The normalized spacial score (nSPS) is 11.7. The van der Waals surface area contributed by atoms with Crippen LogP contribution in [-0.2, 0) is 4.74 Å². The van der Waals surface area contributed by atoms with Gasteiger partial charge in [0.25, 0.3) is 0 Å². The lowest BCUT2D eigenvalue weighted by atomic mass is 10.0. The Labute approximate surface area is 121 Å². The van der Waals surface area contributed by atoms with E-state index in [0.29, 0.717) is 6.10 Å². The average Bonchev–Trinajstić information content (AvgIpc) is 2.38. The summed E-state index contributed by atoms with van der Waals surface area (Å²) >= 11 is 0. The van der Waals surface area contributed by atoms with Gasteiger partial charge in [0.15, 0.2) is 0 Å². The molecule has 19 heavy (non-hydrogen) atoms. The first-order valence-corrected chi connectivity index (χ1v) is 8.55. The van der Waals surface area contributed by atoms with Crippen LogP contribution in [0.25, 0.3) is 0 Å². The summed E-state index contributed by atoms with van der Waals surface area (Å²) in [6, 6.07) is 0.733. The van der Waals surface area contributed by atoms with E-state index in [4.69, 9.17) is 4.74 Å². The van der Waals surface area contributed by atoms with Gasteiger partial charge in [0.05, 0.1) is 6.10 Å². The van der Waals surface area contributed by atoms with Gasteiger partial charge in [-0.15, -0.1) is 0 Å². The first-order chi connectivity index (χ1) is 9.20. The van der Waals surface area contributed by atoms with Crippen molar-refractivity contribution in [1.29, 1.82) is 0 Å². The predicted molar refractivity (Wildman–Crippen MR) is 85.8 cm³/mol. The van der Waals surface area contributed by atoms with Crippen molar-refractivity contribution in [1.82, 2.24) is 5.32 Å². The Balaban J connectivity index is 3.64. The van der Waals surface area contributed by atoms with Gasteiger partial charge >= 0.3 is 0 Å². The van der Waals surface area contributed by atoms with Crippen LogP contribution in [-0.4, -0.2) is 25.3 Å². The molecule has 116 valence electrons. The monoisotopic (exact) mass is 271 g/mol. The summed E-state index contributed by atoms with van der Waals surface area (Å²) in [5, 5.41) is 3.73. The number of rotatable bonds is 14. The summed E-state index contributed by atoms with van der Waals surface area (Å²) in [4.78, 5) is 0. The average molecular weight is 271 g/mol. The van der Waals surface area contributed by atoms with E-state index in [1.165, 1.54) is 51.4 Å². The fraction of sp³-hybridized carbons (Fsp3) is 1.00. The van der Waals surface area contributed by atoms with Gasteiger partial charge in [-0.1, -0.05) is 52.4 Å². The van der Waals surface area contributed by atoms with E-state index in [1.54, 1.807) is 0 Å². The summed E-state index contributed by atoms with van der Waals surface area (Å²) in [6.07, 6.45) is 12.4. The predicted octanol–water partition coefficient (Wildman–Crippen LogP) is 4.92. The molecule has 0 aromatic rings. The van der Waals surface area contributed by atoms with Gasteiger partial charge in [-0.2, -0.15) is 0 Å². The molecule has 0 atom stereocenters. The first kappa shape index (κ1) is 18.9. The van der Waals surface area contributed by atoms with E-state index < -0.39 is 0 Å². The molecule has 0 unspecified atom stereocenters. The standard InChI is InChI=1S/C17H37NO/c1-5-7-9-12-17(13-10-8-6-2)18-14-11-15-19-16(3)4/h16-18H,5-15H2,1-4H3. The molecule has 1 N–H and O–H groups in total. The quantitative estimate of drug-likeness (QED) is 0.453. The Morgan fingerprint density at radius 2 is 1.42 bits per heavy atom. The second-order valence-corrected chi connectivity index (χ2v) is 5.92. The van der Waals surface area contributed by atoms with E-state index in [2.05, 4.69) is 33.0 Å². The van der Waals surface area contributed by atoms with Crippen molar-refractivity contribution in [2.45, 2.75) is 97.6 Å². The van der Waals surface area contributed by atoms with E-state index in [0.717, 1.165) is 25.6 Å². The molecule has 0 amide bonds. The van der Waals surface area contributed by atoms with Crippen LogP contribution < -0.4 is 5.32 Å². The molecule has 0 aromatic carbocycles. The summed E-state index contributed by atoms with van der Waals surface area (Å²) in [5.41, 5.74) is 0. The van der Waals surface area contributed by atoms with Crippen LogP contribution in [0.4, 0.5) is 0 Å².